The highest BCUT2D eigenvalue weighted by Gasteiger charge is 2.28. The van der Waals surface area contributed by atoms with E-state index in [4.69, 9.17) is 4.42 Å². The Balaban J connectivity index is 1.29. The molecule has 7 nitrogen and oxygen atoms in total. The average Bonchev–Trinajstić information content (AvgIpc) is 3.54. The number of benzene rings is 1. The van der Waals surface area contributed by atoms with E-state index in [1.165, 1.54) is 32.0 Å². The maximum absolute atomic E-state index is 15.0. The zero-order valence-corrected chi connectivity index (χ0v) is 18.5. The number of oxazole rings is 1. The van der Waals surface area contributed by atoms with Crippen LogP contribution in [-0.4, -0.2) is 57.2 Å². The number of halogens is 1. The third-order valence-electron chi connectivity index (χ3n) is 6.73. The highest BCUT2D eigenvalue weighted by Crippen LogP contribution is 2.32. The summed E-state index contributed by atoms with van der Waals surface area (Å²) in [4.78, 5) is 13.7. The van der Waals surface area contributed by atoms with Gasteiger partial charge in [-0.05, 0) is 75.9 Å². The molecule has 6 rings (SSSR count). The van der Waals surface area contributed by atoms with Crippen molar-refractivity contribution in [1.82, 2.24) is 24.5 Å². The van der Waals surface area contributed by atoms with Crippen molar-refractivity contribution in [3.05, 3.63) is 41.5 Å². The fourth-order valence-corrected chi connectivity index (χ4v) is 5.13. The summed E-state index contributed by atoms with van der Waals surface area (Å²) in [6.07, 6.45) is 5.62. The molecular weight excluding hydrogens is 407 g/mol. The molecule has 2 aliphatic heterocycles. The van der Waals surface area contributed by atoms with E-state index in [-0.39, 0.29) is 11.3 Å². The van der Waals surface area contributed by atoms with Crippen LogP contribution in [0.1, 0.15) is 30.5 Å². The van der Waals surface area contributed by atoms with Gasteiger partial charge in [0.25, 0.3) is 6.01 Å². The zero-order valence-electron chi connectivity index (χ0n) is 18.5. The summed E-state index contributed by atoms with van der Waals surface area (Å²) in [5.41, 5.74) is 4.78. The topological polar surface area (TPSA) is 62.7 Å². The number of anilines is 1. The number of fused-ring (bicyclic) bond motifs is 2. The first-order valence-corrected chi connectivity index (χ1v) is 11.4. The van der Waals surface area contributed by atoms with Crippen molar-refractivity contribution in [3.63, 3.8) is 0 Å². The van der Waals surface area contributed by atoms with Gasteiger partial charge in [0.15, 0.2) is 17.0 Å². The Labute approximate surface area is 185 Å². The Morgan fingerprint density at radius 1 is 1.09 bits per heavy atom. The molecule has 1 unspecified atom stereocenters. The molecule has 2 fully saturated rings. The predicted octanol–water partition coefficient (Wildman–Crippen LogP) is 4.22. The van der Waals surface area contributed by atoms with E-state index in [0.29, 0.717) is 28.8 Å². The van der Waals surface area contributed by atoms with Gasteiger partial charge in [-0.15, -0.1) is 0 Å². The number of rotatable bonds is 4. The fourth-order valence-electron chi connectivity index (χ4n) is 5.13. The van der Waals surface area contributed by atoms with Crippen LogP contribution in [-0.2, 0) is 0 Å². The van der Waals surface area contributed by atoms with E-state index in [0.717, 1.165) is 43.0 Å². The molecule has 1 aromatic carbocycles. The summed E-state index contributed by atoms with van der Waals surface area (Å²) in [5.74, 6) is 0.225. The summed E-state index contributed by atoms with van der Waals surface area (Å²) in [5, 5.41) is 4.63. The van der Waals surface area contributed by atoms with Crippen molar-refractivity contribution in [2.24, 2.45) is 5.92 Å². The number of hydrogen-bond acceptors (Lipinski definition) is 6. The lowest BCUT2D eigenvalue weighted by Gasteiger charge is -2.19. The number of imidazole rings is 1. The van der Waals surface area contributed by atoms with Crippen molar-refractivity contribution in [3.8, 4) is 11.3 Å². The SMILES string of the molecule is Cc1cn2nc(-c3cc(F)c4nc(N5CCC(CN6CCCC6)C5)oc4c3)cc(C)c2n1. The Kier molecular flexibility index (Phi) is 4.64. The lowest BCUT2D eigenvalue weighted by molar-refractivity contribution is 0.288. The Morgan fingerprint density at radius 2 is 1.94 bits per heavy atom. The molecule has 2 aliphatic rings. The molecule has 4 aromatic rings. The normalized spacial score (nSPS) is 19.7. The van der Waals surface area contributed by atoms with Crippen LogP contribution >= 0.6 is 0 Å². The molecule has 0 N–H and O–H groups in total. The molecule has 2 saturated heterocycles. The lowest BCUT2D eigenvalue weighted by Crippen LogP contribution is -2.29. The first kappa shape index (κ1) is 19.7. The maximum atomic E-state index is 15.0. The number of aryl methyl sites for hydroxylation is 2. The average molecular weight is 435 g/mol. The van der Waals surface area contributed by atoms with Crippen LogP contribution in [0.15, 0.2) is 28.8 Å². The van der Waals surface area contributed by atoms with E-state index in [9.17, 15) is 0 Å². The summed E-state index contributed by atoms with van der Waals surface area (Å²) in [6, 6.07) is 5.78. The van der Waals surface area contributed by atoms with Crippen molar-refractivity contribution in [2.75, 3.05) is 37.6 Å². The van der Waals surface area contributed by atoms with Crippen molar-refractivity contribution in [1.29, 1.82) is 0 Å². The maximum Gasteiger partial charge on any atom is 0.298 e. The Bertz CT molecular complexity index is 1310. The van der Waals surface area contributed by atoms with Gasteiger partial charge in [-0.25, -0.2) is 13.9 Å². The third kappa shape index (κ3) is 3.43. The predicted molar refractivity (Wildman–Crippen MR) is 121 cm³/mol. The van der Waals surface area contributed by atoms with E-state index >= 15 is 4.39 Å². The molecule has 1 atom stereocenters. The molecule has 0 aliphatic carbocycles. The number of likely N-dealkylation sites (tertiary alicyclic amines) is 1. The van der Waals surface area contributed by atoms with Gasteiger partial charge in [0.2, 0.25) is 0 Å². The summed E-state index contributed by atoms with van der Waals surface area (Å²) in [6.45, 7) is 9.30. The smallest absolute Gasteiger partial charge is 0.298 e. The van der Waals surface area contributed by atoms with E-state index < -0.39 is 0 Å². The minimum atomic E-state index is -0.387. The van der Waals surface area contributed by atoms with E-state index in [1.54, 1.807) is 4.52 Å². The second-order valence-corrected chi connectivity index (χ2v) is 9.27. The minimum absolute atomic E-state index is 0.281. The molecule has 0 spiro atoms. The van der Waals surface area contributed by atoms with E-state index in [1.807, 2.05) is 32.2 Å². The van der Waals surface area contributed by atoms with Crippen LogP contribution in [0.3, 0.4) is 0 Å². The van der Waals surface area contributed by atoms with Crippen LogP contribution in [0.25, 0.3) is 28.0 Å². The van der Waals surface area contributed by atoms with Gasteiger partial charge in [-0.2, -0.15) is 10.1 Å². The number of hydrogen-bond donors (Lipinski definition) is 0. The molecule has 0 saturated carbocycles. The molecule has 0 bridgehead atoms. The van der Waals surface area contributed by atoms with Crippen LogP contribution < -0.4 is 4.90 Å². The molecule has 8 heteroatoms. The standard InChI is InChI=1S/C24H27FN6O/c1-15-9-20(28-31-12-16(2)26-23(15)31)18-10-19(25)22-21(11-18)32-24(27-22)30-8-5-17(14-30)13-29-6-3-4-7-29/h9-12,17H,3-8,13-14H2,1-2H3. The van der Waals surface area contributed by atoms with Gasteiger partial charge in [0.05, 0.1) is 17.6 Å². The first-order valence-electron chi connectivity index (χ1n) is 11.4. The van der Waals surface area contributed by atoms with Crippen LogP contribution in [0.5, 0.6) is 0 Å². The van der Waals surface area contributed by atoms with Crippen LogP contribution in [0.2, 0.25) is 0 Å². The number of nitrogens with zero attached hydrogens (tertiary/aromatic N) is 6. The van der Waals surface area contributed by atoms with Crippen molar-refractivity contribution in [2.45, 2.75) is 33.1 Å². The summed E-state index contributed by atoms with van der Waals surface area (Å²) < 4.78 is 22.8. The monoisotopic (exact) mass is 434 g/mol. The molecule has 5 heterocycles. The summed E-state index contributed by atoms with van der Waals surface area (Å²) in [7, 11) is 0. The van der Waals surface area contributed by atoms with Gasteiger partial charge < -0.3 is 14.2 Å². The van der Waals surface area contributed by atoms with Crippen LogP contribution in [0.4, 0.5) is 10.4 Å². The molecular formula is C24H27FN6O. The quantitative estimate of drug-likeness (QED) is 0.479. The highest BCUT2D eigenvalue weighted by molar-refractivity contribution is 5.81. The fraction of sp³-hybridized carbons (Fsp3) is 0.458. The molecule has 32 heavy (non-hydrogen) atoms. The molecule has 3 aromatic heterocycles. The Hall–Kier alpha value is -3.00. The first-order chi connectivity index (χ1) is 15.5. The van der Waals surface area contributed by atoms with Crippen molar-refractivity contribution >= 4 is 22.8 Å². The van der Waals surface area contributed by atoms with Crippen molar-refractivity contribution < 1.29 is 8.81 Å². The largest absolute Gasteiger partial charge is 0.423 e. The second-order valence-electron chi connectivity index (χ2n) is 9.27. The number of aromatic nitrogens is 4. The second kappa shape index (κ2) is 7.55. The van der Waals surface area contributed by atoms with E-state index in [2.05, 4.69) is 24.9 Å². The lowest BCUT2D eigenvalue weighted by atomic mass is 10.1. The zero-order chi connectivity index (χ0) is 21.8. The van der Waals surface area contributed by atoms with Crippen LogP contribution in [0, 0.1) is 25.6 Å². The van der Waals surface area contributed by atoms with Gasteiger partial charge in [0, 0.05) is 25.2 Å². The molecule has 166 valence electrons. The summed E-state index contributed by atoms with van der Waals surface area (Å²) >= 11 is 0. The highest BCUT2D eigenvalue weighted by atomic mass is 19.1. The molecule has 0 amide bonds. The minimum Gasteiger partial charge on any atom is -0.423 e. The van der Waals surface area contributed by atoms with Gasteiger partial charge >= 0.3 is 0 Å². The van der Waals surface area contributed by atoms with Gasteiger partial charge in [-0.3, -0.25) is 0 Å². The Morgan fingerprint density at radius 3 is 2.78 bits per heavy atom. The molecule has 0 radical (unpaired) electrons. The van der Waals surface area contributed by atoms with Gasteiger partial charge in [0.1, 0.15) is 5.52 Å². The van der Waals surface area contributed by atoms with Gasteiger partial charge in [-0.1, -0.05) is 0 Å². The third-order valence-corrected chi connectivity index (χ3v) is 6.73.